The van der Waals surface area contributed by atoms with Crippen LogP contribution in [0, 0.1) is 11.3 Å². The smallest absolute Gasteiger partial charge is 0.243 e. The van der Waals surface area contributed by atoms with Gasteiger partial charge in [-0.3, -0.25) is 19.2 Å². The number of hydrogen-bond donors (Lipinski definition) is 4. The number of carbonyl (C=O) groups excluding carboxylic acids is 4. The first kappa shape index (κ1) is 41.2. The number of fused-ring (bicyclic) bond motifs is 3. The lowest BCUT2D eigenvalue weighted by Gasteiger charge is -2.40. The van der Waals surface area contributed by atoms with E-state index < -0.39 is 29.6 Å². The van der Waals surface area contributed by atoms with Crippen LogP contribution in [0.2, 0.25) is 0 Å². The van der Waals surface area contributed by atoms with E-state index in [1.165, 1.54) is 11.1 Å². The van der Waals surface area contributed by atoms with Crippen molar-refractivity contribution in [2.75, 3.05) is 19.8 Å². The first-order chi connectivity index (χ1) is 28.4. The molecule has 11 nitrogen and oxygen atoms in total. The van der Waals surface area contributed by atoms with Crippen LogP contribution in [0.15, 0.2) is 66.7 Å². The second kappa shape index (κ2) is 17.2. The van der Waals surface area contributed by atoms with E-state index in [-0.39, 0.29) is 54.1 Å². The second-order valence-corrected chi connectivity index (χ2v) is 18.8. The number of amides is 4. The first-order valence-electron chi connectivity index (χ1n) is 21.9. The topological polar surface area (TPSA) is 160 Å². The van der Waals surface area contributed by atoms with Crippen LogP contribution in [0.1, 0.15) is 123 Å². The maximum Gasteiger partial charge on any atom is 0.243 e. The Kier molecular flexibility index (Phi) is 12.0. The molecule has 59 heavy (non-hydrogen) atoms. The van der Waals surface area contributed by atoms with Crippen molar-refractivity contribution in [1.29, 1.82) is 0 Å². The molecule has 2 aliphatic carbocycles. The van der Waals surface area contributed by atoms with Gasteiger partial charge in [0.25, 0.3) is 0 Å². The number of likely N-dealkylation sites (tertiary alicyclic amines) is 1. The maximum atomic E-state index is 14.5. The monoisotopic (exact) mass is 802 g/mol. The van der Waals surface area contributed by atoms with E-state index in [1.807, 2.05) is 45.0 Å². The second-order valence-electron chi connectivity index (χ2n) is 18.8. The summed E-state index contributed by atoms with van der Waals surface area (Å²) in [5.74, 6) is -0.919. The molecule has 4 unspecified atom stereocenters. The lowest BCUT2D eigenvalue weighted by atomic mass is 9.85. The highest BCUT2D eigenvalue weighted by atomic mass is 16.5. The van der Waals surface area contributed by atoms with Crippen LogP contribution in [0.5, 0.6) is 0 Å². The number of aryl methyl sites for hydroxylation is 2. The number of nitrogens with one attached hydrogen (secondary N) is 2. The Morgan fingerprint density at radius 2 is 1.31 bits per heavy atom. The van der Waals surface area contributed by atoms with Crippen molar-refractivity contribution < 1.29 is 23.9 Å². The Balaban J connectivity index is 1.06. The molecule has 3 aliphatic heterocycles. The van der Waals surface area contributed by atoms with Crippen LogP contribution in [0.3, 0.4) is 0 Å². The third-order valence-electron chi connectivity index (χ3n) is 13.9. The molecule has 3 heterocycles. The number of benzene rings is 3. The first-order valence-corrected chi connectivity index (χ1v) is 21.9. The van der Waals surface area contributed by atoms with Gasteiger partial charge in [0.1, 0.15) is 12.1 Å². The summed E-state index contributed by atoms with van der Waals surface area (Å²) in [6.45, 7) is 7.57. The summed E-state index contributed by atoms with van der Waals surface area (Å²) in [6, 6.07) is 19.7. The van der Waals surface area contributed by atoms with Gasteiger partial charge >= 0.3 is 0 Å². The van der Waals surface area contributed by atoms with Crippen LogP contribution in [-0.4, -0.2) is 77.4 Å². The van der Waals surface area contributed by atoms with Gasteiger partial charge in [-0.2, -0.15) is 0 Å². The third kappa shape index (κ3) is 8.56. The van der Waals surface area contributed by atoms with Crippen molar-refractivity contribution >= 4 is 23.6 Å². The minimum absolute atomic E-state index is 0.0236. The molecule has 6 N–H and O–H groups in total. The SMILES string of the molecule is CC(C)(C)[C@H](N)C(=O)N1CC(c2ccc3c(c2)CN(C(=O)C(N)C2CCOCC2)C(C(=O)NC2CCCc4ccccc42)C3)C[C@H]1C(=O)N[C@@H]1CCCc2ccccc21. The molecule has 0 aromatic heterocycles. The molecule has 314 valence electrons. The number of hydrogen-bond acceptors (Lipinski definition) is 7. The maximum absolute atomic E-state index is 14.5. The third-order valence-corrected chi connectivity index (χ3v) is 13.9. The molecule has 0 saturated carbocycles. The number of rotatable bonds is 8. The van der Waals surface area contributed by atoms with Crippen molar-refractivity contribution in [2.24, 2.45) is 22.8 Å². The van der Waals surface area contributed by atoms with Gasteiger partial charge in [0.05, 0.1) is 24.2 Å². The molecule has 7 atom stereocenters. The van der Waals surface area contributed by atoms with Gasteiger partial charge in [-0.25, -0.2) is 0 Å². The van der Waals surface area contributed by atoms with Crippen molar-refractivity contribution in [1.82, 2.24) is 20.4 Å². The predicted molar refractivity (Wildman–Crippen MR) is 227 cm³/mol. The van der Waals surface area contributed by atoms with E-state index in [4.69, 9.17) is 16.2 Å². The van der Waals surface area contributed by atoms with Gasteiger partial charge in [0.2, 0.25) is 23.6 Å². The fourth-order valence-electron chi connectivity index (χ4n) is 10.3. The predicted octanol–water partition coefficient (Wildman–Crippen LogP) is 5.14. The quantitative estimate of drug-likeness (QED) is 0.246. The lowest BCUT2D eigenvalue weighted by Crippen LogP contribution is -2.58. The molecule has 5 aliphatic rings. The molecular formula is C48H62N6O5. The molecule has 3 aromatic rings. The van der Waals surface area contributed by atoms with Gasteiger partial charge in [0.15, 0.2) is 0 Å². The van der Waals surface area contributed by atoms with Crippen molar-refractivity contribution in [3.63, 3.8) is 0 Å². The summed E-state index contributed by atoms with van der Waals surface area (Å²) in [6.07, 6.45) is 7.87. The van der Waals surface area contributed by atoms with Gasteiger partial charge in [-0.1, -0.05) is 87.5 Å². The van der Waals surface area contributed by atoms with E-state index in [9.17, 15) is 19.2 Å². The standard InChI is InChI=1S/C48H62N6O5/c1-48(2,3)43(50)47(58)54-28-35(26-41(54)45(56)52-39-17-9-13-30-11-5-7-15-37(30)39)32-18-19-33-25-40(44(55)51-38-16-8-12-29-10-4-6-14-36(29)38)53(27-34(33)24-32)46(57)42(49)31-20-22-59-23-21-31/h4-7,10-11,14-15,18-19,24,31,35,38-43H,8-9,12-13,16-17,20-23,25-28,49-50H2,1-3H3,(H,51,55)(H,52,56)/t35?,38?,39-,40?,41+,42?,43-/m1/s1. The Bertz CT molecular complexity index is 2060. The normalized spacial score (nSPS) is 25.5. The zero-order valence-corrected chi connectivity index (χ0v) is 35.0. The Hall–Kier alpha value is -4.58. The molecule has 0 spiro atoms. The van der Waals surface area contributed by atoms with Crippen molar-refractivity contribution in [3.8, 4) is 0 Å². The molecule has 11 heteroatoms. The Morgan fingerprint density at radius 3 is 1.92 bits per heavy atom. The Morgan fingerprint density at radius 1 is 0.712 bits per heavy atom. The van der Waals surface area contributed by atoms with Crippen LogP contribution in [-0.2, 0) is 49.7 Å². The van der Waals surface area contributed by atoms with E-state index in [0.717, 1.165) is 66.3 Å². The minimum atomic E-state index is -0.778. The van der Waals surface area contributed by atoms with Gasteiger partial charge in [0, 0.05) is 38.6 Å². The van der Waals surface area contributed by atoms with Gasteiger partial charge < -0.3 is 36.6 Å². The molecule has 2 saturated heterocycles. The number of ether oxygens (including phenoxy) is 1. The zero-order chi connectivity index (χ0) is 41.4. The summed E-state index contributed by atoms with van der Waals surface area (Å²) < 4.78 is 5.58. The van der Waals surface area contributed by atoms with Gasteiger partial charge in [-0.15, -0.1) is 0 Å². The number of carbonyl (C=O) groups is 4. The highest BCUT2D eigenvalue weighted by Crippen LogP contribution is 2.38. The summed E-state index contributed by atoms with van der Waals surface area (Å²) in [5.41, 5.74) is 20.6. The summed E-state index contributed by atoms with van der Waals surface area (Å²) >= 11 is 0. The lowest BCUT2D eigenvalue weighted by molar-refractivity contribution is -0.144. The minimum Gasteiger partial charge on any atom is -0.381 e. The van der Waals surface area contributed by atoms with Crippen LogP contribution in [0.25, 0.3) is 0 Å². The van der Waals surface area contributed by atoms with E-state index in [2.05, 4.69) is 53.1 Å². The number of nitrogens with zero attached hydrogens (tertiary/aromatic N) is 2. The van der Waals surface area contributed by atoms with Gasteiger partial charge in [-0.05, 0) is 108 Å². The average Bonchev–Trinajstić information content (AvgIpc) is 3.71. The molecule has 0 bridgehead atoms. The highest BCUT2D eigenvalue weighted by Gasteiger charge is 2.45. The molecule has 8 rings (SSSR count). The fourth-order valence-corrected chi connectivity index (χ4v) is 10.3. The largest absolute Gasteiger partial charge is 0.381 e. The molecule has 3 aromatic carbocycles. The van der Waals surface area contributed by atoms with Crippen molar-refractivity contribution in [3.05, 3.63) is 106 Å². The molecule has 2 fully saturated rings. The summed E-state index contributed by atoms with van der Waals surface area (Å²) in [4.78, 5) is 60.7. The van der Waals surface area contributed by atoms with Crippen LogP contribution < -0.4 is 22.1 Å². The van der Waals surface area contributed by atoms with E-state index in [0.29, 0.717) is 45.4 Å². The van der Waals surface area contributed by atoms with Crippen LogP contribution >= 0.6 is 0 Å². The molecular weight excluding hydrogens is 741 g/mol. The van der Waals surface area contributed by atoms with Crippen LogP contribution in [0.4, 0.5) is 0 Å². The van der Waals surface area contributed by atoms with E-state index in [1.54, 1.807) is 9.80 Å². The zero-order valence-electron chi connectivity index (χ0n) is 35.0. The van der Waals surface area contributed by atoms with Crippen molar-refractivity contribution in [2.45, 2.75) is 134 Å². The van der Waals surface area contributed by atoms with E-state index >= 15 is 0 Å². The average molecular weight is 803 g/mol. The summed E-state index contributed by atoms with van der Waals surface area (Å²) in [5, 5.41) is 6.67. The Labute approximate surface area is 349 Å². The highest BCUT2D eigenvalue weighted by molar-refractivity contribution is 5.92. The summed E-state index contributed by atoms with van der Waals surface area (Å²) in [7, 11) is 0. The molecule has 0 radical (unpaired) electrons. The number of nitrogens with two attached hydrogens (primary N) is 2. The molecule has 4 amide bonds. The fraction of sp³-hybridized carbons (Fsp3) is 0.542.